The van der Waals surface area contributed by atoms with E-state index in [2.05, 4.69) is 55.6 Å². The van der Waals surface area contributed by atoms with Gasteiger partial charge in [-0.05, 0) is 70.6 Å². The number of unbranched alkanes of at least 4 members (excludes halogenated alkanes) is 33. The third kappa shape index (κ3) is 37.8. The van der Waals surface area contributed by atoms with Gasteiger partial charge in [0.15, 0.2) is 6.29 Å². The molecular weight excluding hydrogens is 879 g/mol. The van der Waals surface area contributed by atoms with E-state index in [4.69, 9.17) is 9.47 Å². The van der Waals surface area contributed by atoms with Gasteiger partial charge in [-0.2, -0.15) is 0 Å². The summed E-state index contributed by atoms with van der Waals surface area (Å²) in [4.78, 5) is 13.1. The number of aliphatic hydroxyl groups is 6. The zero-order valence-corrected chi connectivity index (χ0v) is 45.1. The summed E-state index contributed by atoms with van der Waals surface area (Å²) in [6.07, 6.45) is 55.2. The second-order valence-corrected chi connectivity index (χ2v) is 20.6. The van der Waals surface area contributed by atoms with E-state index in [1.54, 1.807) is 6.08 Å². The molecule has 0 aliphatic carbocycles. The van der Waals surface area contributed by atoms with Crippen LogP contribution in [0.5, 0.6) is 0 Å². The van der Waals surface area contributed by atoms with Gasteiger partial charge in [0.25, 0.3) is 0 Å². The number of nitrogens with one attached hydrogen (secondary N) is 1. The second-order valence-electron chi connectivity index (χ2n) is 20.6. The van der Waals surface area contributed by atoms with Crippen LogP contribution in [-0.4, -0.2) is 98.7 Å². The molecule has 1 aliphatic heterocycles. The number of allylic oxidation sites excluding steroid dienone is 7. The van der Waals surface area contributed by atoms with Crippen molar-refractivity contribution >= 4 is 5.91 Å². The molecule has 8 unspecified atom stereocenters. The number of carbonyl (C=O) groups is 1. The summed E-state index contributed by atoms with van der Waals surface area (Å²) in [6, 6.07) is -1.00. The first-order chi connectivity index (χ1) is 34.3. The molecule has 0 aromatic heterocycles. The van der Waals surface area contributed by atoms with Gasteiger partial charge in [0.2, 0.25) is 5.91 Å². The minimum atomic E-state index is -1.62. The lowest BCUT2D eigenvalue weighted by Gasteiger charge is -2.40. The van der Waals surface area contributed by atoms with Gasteiger partial charge >= 0.3 is 0 Å². The van der Waals surface area contributed by atoms with Crippen molar-refractivity contribution in [1.29, 1.82) is 0 Å². The van der Waals surface area contributed by atoms with Gasteiger partial charge in [-0.25, -0.2) is 0 Å². The first-order valence-electron chi connectivity index (χ1n) is 29.5. The number of hydrogen-bond donors (Lipinski definition) is 7. The van der Waals surface area contributed by atoms with Gasteiger partial charge in [0.1, 0.15) is 30.5 Å². The molecule has 410 valence electrons. The zero-order chi connectivity index (χ0) is 51.0. The maximum Gasteiger partial charge on any atom is 0.249 e. The van der Waals surface area contributed by atoms with E-state index < -0.39 is 61.5 Å². The minimum Gasteiger partial charge on any atom is -0.394 e. The Morgan fingerprint density at radius 3 is 1.26 bits per heavy atom. The predicted octanol–water partition coefficient (Wildman–Crippen LogP) is 13.5. The van der Waals surface area contributed by atoms with Crippen molar-refractivity contribution in [3.05, 3.63) is 48.6 Å². The van der Waals surface area contributed by atoms with Crippen LogP contribution < -0.4 is 5.32 Å². The molecule has 0 aromatic rings. The molecule has 70 heavy (non-hydrogen) atoms. The Morgan fingerprint density at radius 2 is 0.843 bits per heavy atom. The Bertz CT molecular complexity index is 1260. The van der Waals surface area contributed by atoms with Crippen LogP contribution in [0.15, 0.2) is 48.6 Å². The van der Waals surface area contributed by atoms with Crippen molar-refractivity contribution in [3.63, 3.8) is 0 Å². The van der Waals surface area contributed by atoms with Crippen LogP contribution >= 0.6 is 0 Å². The minimum absolute atomic E-state index is 0.301. The van der Waals surface area contributed by atoms with Crippen molar-refractivity contribution < 1.29 is 44.9 Å². The molecule has 1 saturated heterocycles. The molecule has 0 aromatic carbocycles. The number of hydrogen-bond acceptors (Lipinski definition) is 9. The van der Waals surface area contributed by atoms with E-state index >= 15 is 0 Å². The molecule has 0 spiro atoms. The monoisotopic (exact) mass is 990 g/mol. The number of carbonyl (C=O) groups excluding carboxylic acids is 1. The highest BCUT2D eigenvalue weighted by molar-refractivity contribution is 5.80. The average molecular weight is 991 g/mol. The van der Waals surface area contributed by atoms with Crippen molar-refractivity contribution in [2.45, 2.75) is 313 Å². The van der Waals surface area contributed by atoms with Gasteiger partial charge in [0.05, 0.1) is 25.4 Å². The first-order valence-corrected chi connectivity index (χ1v) is 29.5. The van der Waals surface area contributed by atoms with Crippen molar-refractivity contribution in [1.82, 2.24) is 5.32 Å². The molecule has 0 bridgehead atoms. The summed E-state index contributed by atoms with van der Waals surface area (Å²) in [6.45, 7) is 3.58. The summed E-state index contributed by atoms with van der Waals surface area (Å²) >= 11 is 0. The molecule has 1 heterocycles. The van der Waals surface area contributed by atoms with Crippen LogP contribution in [0.2, 0.25) is 0 Å². The second kappa shape index (κ2) is 49.3. The molecule has 8 atom stereocenters. The van der Waals surface area contributed by atoms with E-state index in [1.807, 2.05) is 6.08 Å². The van der Waals surface area contributed by atoms with E-state index in [0.717, 1.165) is 44.9 Å². The highest BCUT2D eigenvalue weighted by Crippen LogP contribution is 2.23. The number of aliphatic hydroxyl groups excluding tert-OH is 6. The SMILES string of the molecule is CCCCCC/C=C/CC/C=C/CC/C=C/C(O)C(COC1OC(CO)C(O)C(O)C1O)NC(=O)C(O)CCCCCCCCCCCCCCCCC/C=C\CCCCCCCCCCCCCC. The van der Waals surface area contributed by atoms with Gasteiger partial charge in [-0.3, -0.25) is 4.79 Å². The zero-order valence-electron chi connectivity index (χ0n) is 45.1. The molecule has 0 saturated carbocycles. The fraction of sp³-hybridized carbons (Fsp3) is 0.850. The molecular formula is C60H111NO9. The molecule has 1 aliphatic rings. The van der Waals surface area contributed by atoms with Crippen molar-refractivity contribution in [2.24, 2.45) is 0 Å². The van der Waals surface area contributed by atoms with Crippen LogP contribution in [0, 0.1) is 0 Å². The average Bonchev–Trinajstić information content (AvgIpc) is 3.36. The number of rotatable bonds is 50. The van der Waals surface area contributed by atoms with Crippen LogP contribution in [0.4, 0.5) is 0 Å². The maximum absolute atomic E-state index is 13.1. The number of amides is 1. The Kier molecular flexibility index (Phi) is 46.6. The quantitative estimate of drug-likeness (QED) is 0.0232. The van der Waals surface area contributed by atoms with Crippen molar-refractivity contribution in [3.8, 4) is 0 Å². The molecule has 0 radical (unpaired) electrons. The maximum atomic E-state index is 13.1. The van der Waals surface area contributed by atoms with Crippen LogP contribution in [0.25, 0.3) is 0 Å². The van der Waals surface area contributed by atoms with Crippen LogP contribution in [0.3, 0.4) is 0 Å². The third-order valence-corrected chi connectivity index (χ3v) is 14.0. The summed E-state index contributed by atoms with van der Waals surface area (Å²) in [5, 5.41) is 64.9. The standard InChI is InChI=1S/C60H111NO9/c1-3-5-7-9-11-13-15-17-19-20-21-22-23-24-25-26-27-28-29-30-31-32-33-34-35-37-39-41-43-45-47-49-54(64)59(68)61-52(51-69-60-58(67)57(66)56(65)55(50-62)70-60)53(63)48-46-44-42-40-38-36-18-16-14-12-10-8-6-4-2/h14,16,24-25,38,40,46,48,52-58,60,62-67H,3-13,15,17-23,26-37,39,41-45,47,49-51H2,1-2H3,(H,61,68)/b16-14+,25-24-,40-38+,48-46+. The third-order valence-electron chi connectivity index (χ3n) is 14.0. The van der Waals surface area contributed by atoms with Gasteiger partial charge in [-0.1, -0.05) is 242 Å². The fourth-order valence-corrected chi connectivity index (χ4v) is 9.19. The lowest BCUT2D eigenvalue weighted by Crippen LogP contribution is -2.60. The Balaban J connectivity index is 2.19. The normalized spacial score (nSPS) is 20.1. The molecule has 1 fully saturated rings. The summed E-state index contributed by atoms with van der Waals surface area (Å²) < 4.78 is 11.2. The van der Waals surface area contributed by atoms with E-state index in [-0.39, 0.29) is 6.61 Å². The number of ether oxygens (including phenoxy) is 2. The summed E-state index contributed by atoms with van der Waals surface area (Å²) in [5.74, 6) is -0.629. The van der Waals surface area contributed by atoms with Crippen LogP contribution in [-0.2, 0) is 14.3 Å². The largest absolute Gasteiger partial charge is 0.394 e. The molecule has 1 amide bonds. The lowest BCUT2D eigenvalue weighted by atomic mass is 9.99. The molecule has 10 heteroatoms. The summed E-state index contributed by atoms with van der Waals surface area (Å²) in [5.41, 5.74) is 0. The van der Waals surface area contributed by atoms with E-state index in [0.29, 0.717) is 19.3 Å². The van der Waals surface area contributed by atoms with Gasteiger partial charge in [-0.15, -0.1) is 0 Å². The van der Waals surface area contributed by atoms with E-state index in [9.17, 15) is 35.4 Å². The Morgan fingerprint density at radius 1 is 0.486 bits per heavy atom. The molecule has 10 nitrogen and oxygen atoms in total. The van der Waals surface area contributed by atoms with Gasteiger partial charge < -0.3 is 45.4 Å². The highest BCUT2D eigenvalue weighted by Gasteiger charge is 2.44. The Hall–Kier alpha value is -1.89. The summed E-state index contributed by atoms with van der Waals surface area (Å²) in [7, 11) is 0. The Labute approximate surface area is 429 Å². The predicted molar refractivity (Wildman–Crippen MR) is 292 cm³/mol. The van der Waals surface area contributed by atoms with Crippen LogP contribution in [0.1, 0.15) is 264 Å². The van der Waals surface area contributed by atoms with Gasteiger partial charge in [0, 0.05) is 0 Å². The van der Waals surface area contributed by atoms with E-state index in [1.165, 1.54) is 186 Å². The molecule has 7 N–H and O–H groups in total. The topological polar surface area (TPSA) is 169 Å². The molecule has 1 rings (SSSR count). The lowest BCUT2D eigenvalue weighted by molar-refractivity contribution is -0.302. The first kappa shape index (κ1) is 66.1. The fourth-order valence-electron chi connectivity index (χ4n) is 9.19. The highest BCUT2D eigenvalue weighted by atomic mass is 16.7. The van der Waals surface area contributed by atoms with Crippen molar-refractivity contribution in [2.75, 3.05) is 13.2 Å². The smallest absolute Gasteiger partial charge is 0.249 e.